The monoisotopic (exact) mass is 804 g/mol. The van der Waals surface area contributed by atoms with Gasteiger partial charge in [0.2, 0.25) is 0 Å². The molecule has 0 bridgehead atoms. The number of hydrogen-bond donors (Lipinski definition) is 1. The summed E-state index contributed by atoms with van der Waals surface area (Å²) in [7, 11) is 0. The van der Waals surface area contributed by atoms with Crippen LogP contribution in [0.5, 0.6) is 0 Å². The highest BCUT2D eigenvalue weighted by molar-refractivity contribution is 6.17. The van der Waals surface area contributed by atoms with Crippen molar-refractivity contribution in [2.75, 3.05) is 5.32 Å². The third-order valence-electron chi connectivity index (χ3n) is 13.1. The zero-order valence-electron chi connectivity index (χ0n) is 35.1. The van der Waals surface area contributed by atoms with Gasteiger partial charge >= 0.3 is 0 Å². The van der Waals surface area contributed by atoms with E-state index in [2.05, 4.69) is 241 Å². The summed E-state index contributed by atoms with van der Waals surface area (Å²) in [4.78, 5) is 0. The summed E-state index contributed by atoms with van der Waals surface area (Å²) in [5, 5.41) is 6.33. The minimum absolute atomic E-state index is 0.473. The van der Waals surface area contributed by atoms with Gasteiger partial charge in [-0.05, 0) is 122 Å². The maximum Gasteiger partial charge on any atom is 0.0619 e. The Labute approximate surface area is 368 Å². The van der Waals surface area contributed by atoms with Crippen molar-refractivity contribution >= 4 is 38.8 Å². The summed E-state index contributed by atoms with van der Waals surface area (Å²) in [5.74, 6) is 0.473. The molecule has 298 valence electrons. The molecule has 1 N–H and O–H groups in total. The maximum atomic E-state index is 3.81. The molecule has 1 unspecified atom stereocenters. The molecular weight excluding hydrogens is 761 g/mol. The van der Waals surface area contributed by atoms with Crippen molar-refractivity contribution in [1.29, 1.82) is 0 Å². The molecule has 2 heteroatoms. The smallest absolute Gasteiger partial charge is 0.0619 e. The molecular formula is C61H44N2. The van der Waals surface area contributed by atoms with Gasteiger partial charge in [0.25, 0.3) is 0 Å². The lowest BCUT2D eigenvalue weighted by atomic mass is 9.90. The van der Waals surface area contributed by atoms with E-state index in [4.69, 9.17) is 0 Å². The number of fused-ring (bicyclic) bond motifs is 8. The van der Waals surface area contributed by atoms with E-state index in [1.54, 1.807) is 0 Å². The van der Waals surface area contributed by atoms with E-state index < -0.39 is 0 Å². The Balaban J connectivity index is 0.932. The minimum atomic E-state index is 0.473. The van der Waals surface area contributed by atoms with Crippen LogP contribution in [-0.4, -0.2) is 4.57 Å². The van der Waals surface area contributed by atoms with Crippen LogP contribution in [0.4, 0.5) is 11.4 Å². The normalized spacial score (nSPS) is 13.9. The van der Waals surface area contributed by atoms with Crippen LogP contribution in [0.3, 0.4) is 0 Å². The molecule has 2 aliphatic rings. The van der Waals surface area contributed by atoms with Gasteiger partial charge in [-0.15, -0.1) is 0 Å². The van der Waals surface area contributed by atoms with Crippen LogP contribution >= 0.6 is 0 Å². The van der Waals surface area contributed by atoms with Crippen molar-refractivity contribution in [3.8, 4) is 72.4 Å². The number of para-hydroxylation sites is 1. The van der Waals surface area contributed by atoms with Crippen LogP contribution in [-0.2, 0) is 0 Å². The molecule has 0 saturated carbocycles. The summed E-state index contributed by atoms with van der Waals surface area (Å²) in [6.45, 7) is 2.30. The number of nitrogens with one attached hydrogen (secondary N) is 1. The van der Waals surface area contributed by atoms with Gasteiger partial charge in [0.05, 0.1) is 16.7 Å². The quantitative estimate of drug-likeness (QED) is 0.170. The molecule has 63 heavy (non-hydrogen) atoms. The Morgan fingerprint density at radius 2 is 0.968 bits per heavy atom. The first-order valence-electron chi connectivity index (χ1n) is 22.1. The van der Waals surface area contributed by atoms with Gasteiger partial charge in [-0.2, -0.15) is 0 Å². The molecule has 1 aromatic heterocycles. The van der Waals surface area contributed by atoms with E-state index >= 15 is 0 Å². The number of rotatable bonds is 7. The van der Waals surface area contributed by atoms with Crippen molar-refractivity contribution in [2.45, 2.75) is 13.3 Å². The molecule has 0 spiro atoms. The van der Waals surface area contributed by atoms with Crippen molar-refractivity contribution in [2.24, 2.45) is 5.92 Å². The van der Waals surface area contributed by atoms with Crippen LogP contribution in [0.25, 0.3) is 99.8 Å². The minimum Gasteiger partial charge on any atom is -0.355 e. The summed E-state index contributed by atoms with van der Waals surface area (Å²) >= 11 is 0. The number of allylic oxidation sites excluding steroid dienone is 4. The predicted molar refractivity (Wildman–Crippen MR) is 268 cm³/mol. The fourth-order valence-electron chi connectivity index (χ4n) is 9.90. The average Bonchev–Trinajstić information content (AvgIpc) is 3.62. The number of hydrogen-bond acceptors (Lipinski definition) is 1. The van der Waals surface area contributed by atoms with E-state index in [1.807, 2.05) is 0 Å². The molecule has 0 radical (unpaired) electrons. The van der Waals surface area contributed by atoms with Gasteiger partial charge in [0.15, 0.2) is 0 Å². The van der Waals surface area contributed by atoms with E-state index in [0.717, 1.165) is 17.8 Å². The summed E-state index contributed by atoms with van der Waals surface area (Å²) in [5.41, 5.74) is 23.0. The van der Waals surface area contributed by atoms with Crippen molar-refractivity contribution in [3.63, 3.8) is 0 Å². The topological polar surface area (TPSA) is 17.0 Å². The standard InChI is InChI=1S/C61H44N2/c1-40-12-10-17-49(36-40)55-37-47(28-33-58(55)62-50-31-26-45(27-32-50)44-24-22-43(23-25-44)41-13-4-2-5-14-41)48-30-35-60-57(39-48)54-21-11-20-53-51-18-8-9-19-52(51)56-38-46(42-15-6-3-7-16-42)29-34-59(56)63(60)61(53)54/h2-11,13-40,62H,12H2,1H3. The molecule has 0 fully saturated rings. The van der Waals surface area contributed by atoms with E-state index in [0.29, 0.717) is 5.92 Å². The highest BCUT2D eigenvalue weighted by Crippen LogP contribution is 2.48. The number of benzene rings is 9. The largest absolute Gasteiger partial charge is 0.355 e. The molecule has 0 saturated heterocycles. The Kier molecular flexibility index (Phi) is 8.90. The Morgan fingerprint density at radius 3 is 1.68 bits per heavy atom. The zero-order chi connectivity index (χ0) is 41.9. The second-order valence-electron chi connectivity index (χ2n) is 17.1. The van der Waals surface area contributed by atoms with Crippen molar-refractivity contribution in [3.05, 3.63) is 230 Å². The second kappa shape index (κ2) is 15.2. The maximum absolute atomic E-state index is 3.81. The molecule has 2 heterocycles. The van der Waals surface area contributed by atoms with Crippen LogP contribution in [0.1, 0.15) is 18.9 Å². The summed E-state index contributed by atoms with van der Waals surface area (Å²) in [6, 6.07) is 75.6. The van der Waals surface area contributed by atoms with Crippen LogP contribution in [0.2, 0.25) is 0 Å². The van der Waals surface area contributed by atoms with Crippen LogP contribution < -0.4 is 5.32 Å². The summed E-state index contributed by atoms with van der Waals surface area (Å²) in [6.07, 6.45) is 8.09. The van der Waals surface area contributed by atoms with Gasteiger partial charge in [-0.3, -0.25) is 0 Å². The van der Waals surface area contributed by atoms with Gasteiger partial charge in [0, 0.05) is 38.8 Å². The van der Waals surface area contributed by atoms with Crippen molar-refractivity contribution in [1.82, 2.24) is 4.57 Å². The molecule has 9 aromatic carbocycles. The van der Waals surface area contributed by atoms with Crippen LogP contribution in [0, 0.1) is 5.92 Å². The third kappa shape index (κ3) is 6.51. The zero-order valence-corrected chi connectivity index (χ0v) is 35.1. The number of anilines is 2. The number of nitrogens with zero attached hydrogens (tertiary/aromatic N) is 1. The highest BCUT2D eigenvalue weighted by atomic mass is 15.0. The molecule has 0 amide bonds. The van der Waals surface area contributed by atoms with Crippen LogP contribution in [0.15, 0.2) is 224 Å². The van der Waals surface area contributed by atoms with E-state index in [9.17, 15) is 0 Å². The Morgan fingerprint density at radius 1 is 0.429 bits per heavy atom. The third-order valence-corrected chi connectivity index (χ3v) is 13.1. The molecule has 2 nitrogen and oxygen atoms in total. The molecule has 1 atom stereocenters. The fraction of sp³-hybridized carbons (Fsp3) is 0.0492. The van der Waals surface area contributed by atoms with Gasteiger partial charge in [0.1, 0.15) is 0 Å². The molecule has 1 aliphatic carbocycles. The Hall–Kier alpha value is -7.94. The first-order valence-corrected chi connectivity index (χ1v) is 22.1. The fourth-order valence-corrected chi connectivity index (χ4v) is 9.90. The summed E-state index contributed by atoms with van der Waals surface area (Å²) < 4.78 is 2.51. The SMILES string of the molecule is CC1C=C(c2cc(-c3ccc4c(c3)c3cccc5c3n4-c3ccc(-c4ccccc4)cc3-c3ccccc3-5)ccc2Nc2ccc(-c3ccc(-c4ccccc4)cc3)cc2)C=CC1. The van der Waals surface area contributed by atoms with Gasteiger partial charge in [-0.25, -0.2) is 0 Å². The van der Waals surface area contributed by atoms with Crippen molar-refractivity contribution < 1.29 is 0 Å². The second-order valence-corrected chi connectivity index (χ2v) is 17.1. The van der Waals surface area contributed by atoms with Gasteiger partial charge < -0.3 is 9.88 Å². The highest BCUT2D eigenvalue weighted by Gasteiger charge is 2.25. The molecule has 1 aliphatic heterocycles. The lowest BCUT2D eigenvalue weighted by Crippen LogP contribution is -2.00. The van der Waals surface area contributed by atoms with Gasteiger partial charge in [-0.1, -0.05) is 183 Å². The first-order chi connectivity index (χ1) is 31.1. The number of aromatic nitrogens is 1. The predicted octanol–water partition coefficient (Wildman–Crippen LogP) is 16.8. The van der Waals surface area contributed by atoms with E-state index in [1.165, 1.54) is 105 Å². The molecule has 10 aromatic rings. The lowest BCUT2D eigenvalue weighted by Gasteiger charge is -2.19. The molecule has 12 rings (SSSR count). The average molecular weight is 805 g/mol. The lowest BCUT2D eigenvalue weighted by molar-refractivity contribution is 0.740. The van der Waals surface area contributed by atoms with E-state index in [-0.39, 0.29) is 0 Å². The Bertz CT molecular complexity index is 3420. The first kappa shape index (κ1) is 36.9.